The number of carbonyl (C=O) groups excluding carboxylic acids is 2. The van der Waals surface area contributed by atoms with Crippen LogP contribution in [0.5, 0.6) is 0 Å². The molecule has 1 fully saturated rings. The van der Waals surface area contributed by atoms with E-state index in [0.29, 0.717) is 13.0 Å². The summed E-state index contributed by atoms with van der Waals surface area (Å²) in [6.45, 7) is 12.0. The summed E-state index contributed by atoms with van der Waals surface area (Å²) in [4.78, 5) is 25.5. The summed E-state index contributed by atoms with van der Waals surface area (Å²) in [6.07, 6.45) is 0.103. The third-order valence-electron chi connectivity index (χ3n) is 2.71. The Morgan fingerprint density at radius 1 is 1.28 bits per heavy atom. The predicted octanol–water partition coefficient (Wildman–Crippen LogP) is 1.91. The lowest BCUT2D eigenvalue weighted by Gasteiger charge is -2.32. The summed E-state index contributed by atoms with van der Waals surface area (Å²) in [5.74, 6) is -0.0339. The Balaban J connectivity index is 2.56. The third kappa shape index (κ3) is 3.89. The van der Waals surface area contributed by atoms with E-state index >= 15 is 0 Å². The molecule has 1 aliphatic heterocycles. The van der Waals surface area contributed by atoms with E-state index in [1.807, 2.05) is 20.8 Å². The van der Waals surface area contributed by atoms with Crippen molar-refractivity contribution in [3.8, 4) is 0 Å². The van der Waals surface area contributed by atoms with E-state index in [9.17, 15) is 9.59 Å². The molecule has 1 rings (SSSR count). The number of alkyl carbamates (subject to hydrolysis) is 1. The van der Waals surface area contributed by atoms with E-state index in [-0.39, 0.29) is 11.4 Å². The van der Waals surface area contributed by atoms with Gasteiger partial charge in [-0.2, -0.15) is 0 Å². The second-order valence-electron chi connectivity index (χ2n) is 6.65. The first-order valence-electron chi connectivity index (χ1n) is 6.32. The molecule has 0 aromatic rings. The lowest BCUT2D eigenvalue weighted by molar-refractivity contribution is -0.133. The normalized spacial score (nSPS) is 21.1. The van der Waals surface area contributed by atoms with E-state index in [0.717, 1.165) is 0 Å². The molecule has 1 saturated heterocycles. The number of nitrogens with zero attached hydrogens (tertiary/aromatic N) is 1. The molecule has 2 amide bonds. The summed E-state index contributed by atoms with van der Waals surface area (Å²) in [5.41, 5.74) is -0.753. The van der Waals surface area contributed by atoms with Crippen molar-refractivity contribution in [2.24, 2.45) is 0 Å². The van der Waals surface area contributed by atoms with Crippen LogP contribution in [0.3, 0.4) is 0 Å². The van der Waals surface area contributed by atoms with Gasteiger partial charge in [-0.1, -0.05) is 0 Å². The molecule has 1 unspecified atom stereocenters. The second-order valence-corrected chi connectivity index (χ2v) is 6.65. The zero-order valence-electron chi connectivity index (χ0n) is 12.2. The van der Waals surface area contributed by atoms with Crippen molar-refractivity contribution in [2.45, 2.75) is 65.1 Å². The van der Waals surface area contributed by atoms with Gasteiger partial charge >= 0.3 is 6.09 Å². The van der Waals surface area contributed by atoms with Crippen molar-refractivity contribution in [2.75, 3.05) is 6.54 Å². The predicted molar refractivity (Wildman–Crippen MR) is 69.2 cm³/mol. The highest BCUT2D eigenvalue weighted by molar-refractivity contribution is 5.88. The Bertz CT molecular complexity index is 339. The third-order valence-corrected chi connectivity index (χ3v) is 2.71. The van der Waals surface area contributed by atoms with Gasteiger partial charge < -0.3 is 15.0 Å². The molecule has 1 N–H and O–H groups in total. The first-order chi connectivity index (χ1) is 8.00. The van der Waals surface area contributed by atoms with Crippen LogP contribution in [0.15, 0.2) is 0 Å². The van der Waals surface area contributed by atoms with Crippen LogP contribution in [0.1, 0.15) is 48.0 Å². The van der Waals surface area contributed by atoms with Crippen molar-refractivity contribution in [3.63, 3.8) is 0 Å². The lowest BCUT2D eigenvalue weighted by Crippen LogP contribution is -2.48. The number of hydrogen-bond donors (Lipinski definition) is 1. The Kier molecular flexibility index (Phi) is 3.93. The minimum absolute atomic E-state index is 0.0339. The van der Waals surface area contributed by atoms with Crippen LogP contribution in [0.4, 0.5) is 4.79 Å². The number of rotatable bonds is 1. The van der Waals surface area contributed by atoms with E-state index in [1.165, 1.54) is 0 Å². The molecule has 5 nitrogen and oxygen atoms in total. The molecule has 0 aromatic carbocycles. The van der Waals surface area contributed by atoms with Crippen LogP contribution in [0.25, 0.3) is 0 Å². The molecule has 0 radical (unpaired) electrons. The zero-order valence-corrected chi connectivity index (χ0v) is 12.2. The summed E-state index contributed by atoms with van der Waals surface area (Å²) in [7, 11) is 0. The van der Waals surface area contributed by atoms with E-state index < -0.39 is 17.7 Å². The number of likely N-dealkylation sites (tertiary alicyclic amines) is 1. The van der Waals surface area contributed by atoms with Gasteiger partial charge in [0, 0.05) is 12.1 Å². The Morgan fingerprint density at radius 2 is 1.83 bits per heavy atom. The molecule has 1 aliphatic rings. The number of carbonyl (C=O) groups is 2. The lowest BCUT2D eigenvalue weighted by atomic mass is 10.1. The maximum atomic E-state index is 12.1. The van der Waals surface area contributed by atoms with E-state index in [1.54, 1.807) is 25.7 Å². The molecule has 0 aliphatic carbocycles. The van der Waals surface area contributed by atoms with Crippen LogP contribution in [0.2, 0.25) is 0 Å². The largest absolute Gasteiger partial charge is 0.444 e. The topological polar surface area (TPSA) is 58.6 Å². The van der Waals surface area contributed by atoms with Gasteiger partial charge in [-0.25, -0.2) is 4.79 Å². The van der Waals surface area contributed by atoms with Gasteiger partial charge in [-0.15, -0.1) is 0 Å². The van der Waals surface area contributed by atoms with Crippen molar-refractivity contribution < 1.29 is 14.3 Å². The number of hydrogen-bond acceptors (Lipinski definition) is 3. The number of ether oxygens (including phenoxy) is 1. The van der Waals surface area contributed by atoms with Crippen LogP contribution < -0.4 is 5.32 Å². The van der Waals surface area contributed by atoms with Gasteiger partial charge in [-0.3, -0.25) is 4.79 Å². The van der Waals surface area contributed by atoms with Crippen LogP contribution in [-0.4, -0.2) is 40.6 Å². The fourth-order valence-electron chi connectivity index (χ4n) is 1.93. The van der Waals surface area contributed by atoms with Gasteiger partial charge in [0.25, 0.3) is 0 Å². The quantitative estimate of drug-likeness (QED) is 0.779. The minimum Gasteiger partial charge on any atom is -0.444 e. The van der Waals surface area contributed by atoms with E-state index in [4.69, 9.17) is 4.74 Å². The molecule has 1 heterocycles. The van der Waals surface area contributed by atoms with Gasteiger partial charge in [0.1, 0.15) is 11.6 Å². The second kappa shape index (κ2) is 4.78. The number of amides is 2. The fourth-order valence-corrected chi connectivity index (χ4v) is 1.93. The molecule has 0 spiro atoms. The molecule has 18 heavy (non-hydrogen) atoms. The van der Waals surface area contributed by atoms with Gasteiger partial charge in [-0.05, 0) is 48.0 Å². The molecule has 1 atom stereocenters. The van der Waals surface area contributed by atoms with Gasteiger partial charge in [0.15, 0.2) is 0 Å². The van der Waals surface area contributed by atoms with Crippen molar-refractivity contribution in [3.05, 3.63) is 0 Å². The van der Waals surface area contributed by atoms with Crippen molar-refractivity contribution in [1.29, 1.82) is 0 Å². The molecular weight excluding hydrogens is 232 g/mol. The average Bonchev–Trinajstić information content (AvgIpc) is 2.43. The van der Waals surface area contributed by atoms with E-state index in [2.05, 4.69) is 5.32 Å². The molecular formula is C13H24N2O3. The highest BCUT2D eigenvalue weighted by Gasteiger charge is 2.38. The maximum Gasteiger partial charge on any atom is 0.408 e. The maximum absolute atomic E-state index is 12.1. The summed E-state index contributed by atoms with van der Waals surface area (Å²) in [6, 6.07) is -0.459. The first-order valence-corrected chi connectivity index (χ1v) is 6.32. The fraction of sp³-hybridized carbons (Fsp3) is 0.846. The van der Waals surface area contributed by atoms with Crippen LogP contribution >= 0.6 is 0 Å². The summed E-state index contributed by atoms with van der Waals surface area (Å²) in [5, 5.41) is 2.63. The van der Waals surface area contributed by atoms with Crippen LogP contribution in [0, 0.1) is 0 Å². The molecule has 0 aromatic heterocycles. The molecule has 104 valence electrons. The highest BCUT2D eigenvalue weighted by atomic mass is 16.6. The van der Waals surface area contributed by atoms with Crippen molar-refractivity contribution >= 4 is 12.0 Å². The standard InChI is InChI=1S/C13H24N2O3/c1-12(2,3)15-8-7-9(10(15)16)14-11(17)18-13(4,5)6/h9H,7-8H2,1-6H3,(H,14,17). The molecule has 0 saturated carbocycles. The van der Waals surface area contributed by atoms with Gasteiger partial charge in [0.05, 0.1) is 0 Å². The Hall–Kier alpha value is -1.26. The first kappa shape index (κ1) is 14.8. The Morgan fingerprint density at radius 3 is 2.22 bits per heavy atom. The van der Waals surface area contributed by atoms with Crippen LogP contribution in [-0.2, 0) is 9.53 Å². The smallest absolute Gasteiger partial charge is 0.408 e. The minimum atomic E-state index is -0.546. The Labute approximate surface area is 109 Å². The highest BCUT2D eigenvalue weighted by Crippen LogP contribution is 2.22. The average molecular weight is 256 g/mol. The number of nitrogens with one attached hydrogen (secondary N) is 1. The van der Waals surface area contributed by atoms with Gasteiger partial charge in [0.2, 0.25) is 5.91 Å². The molecule has 0 bridgehead atoms. The summed E-state index contributed by atoms with van der Waals surface area (Å²) >= 11 is 0. The van der Waals surface area contributed by atoms with Crippen molar-refractivity contribution in [1.82, 2.24) is 10.2 Å². The zero-order chi connectivity index (χ0) is 14.1. The monoisotopic (exact) mass is 256 g/mol. The summed E-state index contributed by atoms with van der Waals surface area (Å²) < 4.78 is 5.15. The molecule has 5 heteroatoms. The SMILES string of the molecule is CC(C)(C)OC(=O)NC1CCN(C(C)(C)C)C1=O.